The summed E-state index contributed by atoms with van der Waals surface area (Å²) in [6.45, 7) is 11.4. The molecule has 1 aromatic heterocycles. The molecule has 1 saturated carbocycles. The van der Waals surface area contributed by atoms with Crippen molar-refractivity contribution in [3.63, 3.8) is 0 Å². The Balaban J connectivity index is 1.66. The second-order valence-electron chi connectivity index (χ2n) is 11.2. The van der Waals surface area contributed by atoms with E-state index in [2.05, 4.69) is 26.1 Å². The maximum atomic E-state index is 13.9. The van der Waals surface area contributed by atoms with Gasteiger partial charge in [0.1, 0.15) is 17.0 Å². The topological polar surface area (TPSA) is 76.5 Å². The summed E-state index contributed by atoms with van der Waals surface area (Å²) in [5.74, 6) is 0.539. The Morgan fingerprint density at radius 1 is 1.14 bits per heavy atom. The number of hydrogen-bond acceptors (Lipinski definition) is 4. The van der Waals surface area contributed by atoms with E-state index in [1.165, 1.54) is 12.8 Å². The Bertz CT molecular complexity index is 1050. The summed E-state index contributed by atoms with van der Waals surface area (Å²) in [7, 11) is 0. The number of hydrogen-bond donors (Lipinski definition) is 1. The molecule has 2 amide bonds. The quantitative estimate of drug-likeness (QED) is 0.601. The fourth-order valence-corrected chi connectivity index (χ4v) is 5.06. The van der Waals surface area contributed by atoms with Crippen LogP contribution in [0.1, 0.15) is 94.9 Å². The van der Waals surface area contributed by atoms with Gasteiger partial charge in [0.05, 0.1) is 18.8 Å². The Hall–Kier alpha value is -2.83. The van der Waals surface area contributed by atoms with Gasteiger partial charge in [0.2, 0.25) is 5.91 Å². The molecule has 0 radical (unpaired) electrons. The zero-order valence-corrected chi connectivity index (χ0v) is 21.9. The van der Waals surface area contributed by atoms with Crippen LogP contribution in [0.2, 0.25) is 0 Å². The van der Waals surface area contributed by atoms with E-state index in [1.54, 1.807) is 9.58 Å². The van der Waals surface area contributed by atoms with Gasteiger partial charge >= 0.3 is 0 Å². The summed E-state index contributed by atoms with van der Waals surface area (Å²) in [5, 5.41) is 8.06. The highest BCUT2D eigenvalue weighted by Gasteiger charge is 2.48. The lowest BCUT2D eigenvalue weighted by atomic mass is 9.91. The smallest absolute Gasteiger partial charge is 0.273 e. The molecule has 1 N–H and O–H groups in total. The molecule has 35 heavy (non-hydrogen) atoms. The molecule has 1 aliphatic heterocycles. The first-order chi connectivity index (χ1) is 16.6. The maximum Gasteiger partial charge on any atom is 0.273 e. The first-order valence-corrected chi connectivity index (χ1v) is 13.0. The van der Waals surface area contributed by atoms with Crippen LogP contribution in [0, 0.1) is 0 Å². The van der Waals surface area contributed by atoms with Gasteiger partial charge in [-0.1, -0.05) is 58.6 Å². The lowest BCUT2D eigenvalue weighted by Crippen LogP contribution is -2.64. The van der Waals surface area contributed by atoms with E-state index in [0.717, 1.165) is 42.7 Å². The number of carbonyl (C=O) groups is 2. The van der Waals surface area contributed by atoms with E-state index in [9.17, 15) is 9.59 Å². The van der Waals surface area contributed by atoms with Crippen LogP contribution in [0.25, 0.3) is 0 Å². The van der Waals surface area contributed by atoms with Crippen LogP contribution < -0.4 is 10.1 Å². The van der Waals surface area contributed by atoms with Gasteiger partial charge in [-0.05, 0) is 50.5 Å². The van der Waals surface area contributed by atoms with Crippen LogP contribution in [0.5, 0.6) is 5.75 Å². The molecule has 1 atom stereocenters. The highest BCUT2D eigenvalue weighted by Crippen LogP contribution is 2.32. The molecule has 2 aromatic rings. The van der Waals surface area contributed by atoms with Crippen molar-refractivity contribution in [3.8, 4) is 5.75 Å². The monoisotopic (exact) mass is 480 g/mol. The van der Waals surface area contributed by atoms with Gasteiger partial charge in [0.25, 0.3) is 5.91 Å². The van der Waals surface area contributed by atoms with Gasteiger partial charge in [-0.25, -0.2) is 0 Å². The Kier molecular flexibility index (Phi) is 7.25. The Morgan fingerprint density at radius 2 is 1.80 bits per heavy atom. The molecule has 1 aromatic carbocycles. The number of aromatic nitrogens is 2. The highest BCUT2D eigenvalue weighted by atomic mass is 16.5. The maximum absolute atomic E-state index is 13.9. The van der Waals surface area contributed by atoms with Crippen LogP contribution in [-0.4, -0.2) is 44.7 Å². The summed E-state index contributed by atoms with van der Waals surface area (Å²) >= 11 is 0. The third-order valence-corrected chi connectivity index (χ3v) is 7.32. The molecule has 0 saturated heterocycles. The van der Waals surface area contributed by atoms with Crippen molar-refractivity contribution in [3.05, 3.63) is 47.3 Å². The van der Waals surface area contributed by atoms with Crippen LogP contribution in [0.15, 0.2) is 30.3 Å². The number of nitrogens with zero attached hydrogens (tertiary/aromatic N) is 3. The van der Waals surface area contributed by atoms with Gasteiger partial charge in [-0.15, -0.1) is 0 Å². The van der Waals surface area contributed by atoms with E-state index >= 15 is 0 Å². The van der Waals surface area contributed by atoms with Crippen LogP contribution in [-0.2, 0) is 23.3 Å². The van der Waals surface area contributed by atoms with Crippen molar-refractivity contribution in [2.75, 3.05) is 6.61 Å². The number of nitrogens with one attached hydrogen (secondary N) is 1. The molecule has 0 spiro atoms. The number of ether oxygens (including phenoxy) is 1. The molecule has 4 rings (SSSR count). The van der Waals surface area contributed by atoms with Gasteiger partial charge in [-0.3, -0.25) is 14.3 Å². The van der Waals surface area contributed by atoms with Gasteiger partial charge in [0.15, 0.2) is 0 Å². The van der Waals surface area contributed by atoms with Crippen LogP contribution in [0.3, 0.4) is 0 Å². The number of rotatable bonds is 6. The molecule has 2 aliphatic rings. The summed E-state index contributed by atoms with van der Waals surface area (Å²) in [4.78, 5) is 29.4. The van der Waals surface area contributed by atoms with Gasteiger partial charge < -0.3 is 15.0 Å². The van der Waals surface area contributed by atoms with Crippen molar-refractivity contribution >= 4 is 11.8 Å². The van der Waals surface area contributed by atoms with E-state index in [-0.39, 0.29) is 23.3 Å². The first-order valence-electron chi connectivity index (χ1n) is 13.0. The Morgan fingerprint density at radius 3 is 2.40 bits per heavy atom. The average Bonchev–Trinajstić information content (AvgIpc) is 3.08. The summed E-state index contributed by atoms with van der Waals surface area (Å²) in [6, 6.07) is 9.81. The summed E-state index contributed by atoms with van der Waals surface area (Å²) in [6.07, 6.45) is 6.70. The predicted octanol–water partition coefficient (Wildman–Crippen LogP) is 4.83. The van der Waals surface area contributed by atoms with Crippen molar-refractivity contribution in [1.82, 2.24) is 20.0 Å². The molecule has 2 heterocycles. The van der Waals surface area contributed by atoms with Crippen molar-refractivity contribution < 1.29 is 14.3 Å². The highest BCUT2D eigenvalue weighted by molar-refractivity contribution is 5.99. The van der Waals surface area contributed by atoms with Crippen LogP contribution >= 0.6 is 0 Å². The molecule has 190 valence electrons. The van der Waals surface area contributed by atoms with Crippen molar-refractivity contribution in [1.29, 1.82) is 0 Å². The second kappa shape index (κ2) is 10.0. The molecule has 1 fully saturated rings. The molecule has 7 nitrogen and oxygen atoms in total. The van der Waals surface area contributed by atoms with Gasteiger partial charge in [0, 0.05) is 18.0 Å². The molecule has 0 bridgehead atoms. The molecule has 7 heteroatoms. The fourth-order valence-electron chi connectivity index (χ4n) is 5.06. The molecule has 1 aliphatic carbocycles. The standard InChI is InChI=1S/C28H40N4O3/c1-6-35-22-15-13-20(14-16-22)18-31-25(33)23-17-24(27(2,3)4)30-32(23)19-28(31,5)26(34)29-21-11-9-7-8-10-12-21/h13-17,21H,6-12,18-19H2,1-5H3,(H,29,34)/t28-/m0/s1. The summed E-state index contributed by atoms with van der Waals surface area (Å²) in [5.41, 5.74) is 1.12. The minimum atomic E-state index is -1.05. The first kappa shape index (κ1) is 25.3. The lowest BCUT2D eigenvalue weighted by molar-refractivity contribution is -0.134. The minimum Gasteiger partial charge on any atom is -0.494 e. The predicted molar refractivity (Wildman–Crippen MR) is 136 cm³/mol. The molecular formula is C28H40N4O3. The molecular weight excluding hydrogens is 440 g/mol. The van der Waals surface area contributed by atoms with Crippen molar-refractivity contribution in [2.45, 2.75) is 103 Å². The SMILES string of the molecule is CCOc1ccc(CN2C(=O)c3cc(C(C)(C)C)nn3C[C@@]2(C)C(=O)NC2CCCCCC2)cc1. The van der Waals surface area contributed by atoms with Crippen LogP contribution in [0.4, 0.5) is 0 Å². The Labute approximate surface area is 209 Å². The number of fused-ring (bicyclic) bond motifs is 1. The van der Waals surface area contributed by atoms with E-state index in [0.29, 0.717) is 25.4 Å². The second-order valence-corrected chi connectivity index (χ2v) is 11.2. The normalized spacial score (nSPS) is 21.4. The van der Waals surface area contributed by atoms with Gasteiger partial charge in [-0.2, -0.15) is 5.10 Å². The largest absolute Gasteiger partial charge is 0.494 e. The minimum absolute atomic E-state index is 0.0952. The third-order valence-electron chi connectivity index (χ3n) is 7.32. The fraction of sp³-hybridized carbons (Fsp3) is 0.607. The zero-order valence-electron chi connectivity index (χ0n) is 21.9. The summed E-state index contributed by atoms with van der Waals surface area (Å²) < 4.78 is 7.31. The van der Waals surface area contributed by atoms with E-state index < -0.39 is 5.54 Å². The number of benzene rings is 1. The molecule has 0 unspecified atom stereocenters. The zero-order chi connectivity index (χ0) is 25.2. The average molecular weight is 481 g/mol. The number of amides is 2. The van der Waals surface area contributed by atoms with E-state index in [1.807, 2.05) is 44.2 Å². The van der Waals surface area contributed by atoms with Crippen molar-refractivity contribution in [2.24, 2.45) is 0 Å². The third kappa shape index (κ3) is 5.39. The lowest BCUT2D eigenvalue weighted by Gasteiger charge is -2.44. The number of carbonyl (C=O) groups excluding carboxylic acids is 2. The van der Waals surface area contributed by atoms with E-state index in [4.69, 9.17) is 9.84 Å².